The van der Waals surface area contributed by atoms with E-state index in [1.807, 2.05) is 18.2 Å². The van der Waals surface area contributed by atoms with E-state index >= 15 is 0 Å². The minimum Gasteiger partial charge on any atom is -0.469 e. The molecule has 0 aliphatic heterocycles. The second-order valence-corrected chi connectivity index (χ2v) is 8.23. The van der Waals surface area contributed by atoms with Crippen molar-refractivity contribution in [3.63, 3.8) is 0 Å². The number of nitrogens with zero attached hydrogens (tertiary/aromatic N) is 4. The molecule has 1 aromatic carbocycles. The zero-order valence-corrected chi connectivity index (χ0v) is 18.1. The Hall–Kier alpha value is -3.31. The van der Waals surface area contributed by atoms with Gasteiger partial charge in [0.15, 0.2) is 0 Å². The van der Waals surface area contributed by atoms with Gasteiger partial charge >= 0.3 is 11.7 Å². The van der Waals surface area contributed by atoms with Crippen LogP contribution in [0.25, 0.3) is 11.0 Å². The smallest absolute Gasteiger partial charge is 0.328 e. The molecule has 2 aromatic heterocycles. The van der Waals surface area contributed by atoms with Gasteiger partial charge in [-0.15, -0.1) is 0 Å². The minimum atomic E-state index is -0.692. The first-order valence-electron chi connectivity index (χ1n) is 9.99. The number of ether oxygens (including phenoxy) is 1. The molecule has 1 aliphatic carbocycles. The maximum atomic E-state index is 13.0. The van der Waals surface area contributed by atoms with Crippen LogP contribution >= 0.6 is 11.6 Å². The van der Waals surface area contributed by atoms with E-state index in [1.54, 1.807) is 22.2 Å². The Morgan fingerprint density at radius 2 is 2.06 bits per heavy atom. The molecule has 0 spiro atoms. The number of aryl methyl sites for hydroxylation is 1. The van der Waals surface area contributed by atoms with Crippen molar-refractivity contribution < 1.29 is 9.53 Å². The average molecular weight is 440 g/mol. The molecular weight excluding hydrogens is 418 g/mol. The molecule has 160 valence electrons. The van der Waals surface area contributed by atoms with E-state index < -0.39 is 5.41 Å². The lowest BCUT2D eigenvalue weighted by atomic mass is 9.86. The first kappa shape index (κ1) is 20.9. The van der Waals surface area contributed by atoms with Crippen molar-refractivity contribution in [1.82, 2.24) is 14.1 Å². The fourth-order valence-electron chi connectivity index (χ4n) is 4.44. The number of halogens is 1. The van der Waals surface area contributed by atoms with E-state index in [9.17, 15) is 14.9 Å². The summed E-state index contributed by atoms with van der Waals surface area (Å²) in [6.45, 7) is 0.268. The molecule has 2 heterocycles. The first-order valence-corrected chi connectivity index (χ1v) is 10.4. The molecule has 0 atom stereocenters. The zero-order chi connectivity index (χ0) is 22.2. The van der Waals surface area contributed by atoms with Crippen molar-refractivity contribution in [1.29, 1.82) is 5.26 Å². The highest BCUT2D eigenvalue weighted by molar-refractivity contribution is 6.31. The standard InChI is InChI=1S/C22H22ClN5O3/c1-27-17-6-5-14(26-16-7-10-25-19(23)15(16)12-24)11-18(17)28(21(27)30)13-22(20(29)31-2)8-3-4-9-22/h5-7,10-11H,3-4,8-9,13H2,1-2H3,(H,25,26). The van der Waals surface area contributed by atoms with E-state index in [2.05, 4.69) is 16.4 Å². The minimum absolute atomic E-state index is 0.117. The van der Waals surface area contributed by atoms with E-state index in [4.69, 9.17) is 16.3 Å². The fraction of sp³-hybridized carbons (Fsp3) is 0.364. The van der Waals surface area contributed by atoms with Gasteiger partial charge in [-0.1, -0.05) is 24.4 Å². The lowest BCUT2D eigenvalue weighted by Crippen LogP contribution is -2.37. The lowest BCUT2D eigenvalue weighted by Gasteiger charge is -2.26. The number of hydrogen-bond acceptors (Lipinski definition) is 6. The van der Waals surface area contributed by atoms with Crippen LogP contribution in [0.3, 0.4) is 0 Å². The van der Waals surface area contributed by atoms with E-state index in [1.165, 1.54) is 13.3 Å². The predicted molar refractivity (Wildman–Crippen MR) is 117 cm³/mol. The van der Waals surface area contributed by atoms with Gasteiger partial charge in [-0.2, -0.15) is 5.26 Å². The van der Waals surface area contributed by atoms with E-state index in [-0.39, 0.29) is 28.9 Å². The topological polar surface area (TPSA) is 102 Å². The summed E-state index contributed by atoms with van der Waals surface area (Å²) in [5, 5.41) is 12.7. The number of anilines is 2. The molecule has 9 heteroatoms. The molecular formula is C22H22ClN5O3. The third kappa shape index (κ3) is 3.55. The number of imidazole rings is 1. The molecule has 1 aliphatic rings. The predicted octanol–water partition coefficient (Wildman–Crippen LogP) is 3.74. The molecule has 31 heavy (non-hydrogen) atoms. The van der Waals surface area contributed by atoms with Crippen molar-refractivity contribution in [2.45, 2.75) is 32.2 Å². The van der Waals surface area contributed by atoms with E-state index in [0.29, 0.717) is 29.7 Å². The van der Waals surface area contributed by atoms with Gasteiger partial charge in [-0.25, -0.2) is 9.78 Å². The number of rotatable bonds is 5. The van der Waals surface area contributed by atoms with Crippen molar-refractivity contribution >= 4 is 40.0 Å². The van der Waals surface area contributed by atoms with Crippen LogP contribution in [0, 0.1) is 16.7 Å². The summed E-state index contributed by atoms with van der Waals surface area (Å²) in [6, 6.07) is 9.22. The molecule has 0 amide bonds. The molecule has 0 radical (unpaired) electrons. The average Bonchev–Trinajstić information content (AvgIpc) is 3.33. The maximum absolute atomic E-state index is 13.0. The third-order valence-electron chi connectivity index (χ3n) is 6.08. The number of methoxy groups -OCH3 is 1. The van der Waals surface area contributed by atoms with Gasteiger partial charge in [0.1, 0.15) is 16.8 Å². The maximum Gasteiger partial charge on any atom is 0.328 e. The van der Waals surface area contributed by atoms with Crippen molar-refractivity contribution in [2.75, 3.05) is 12.4 Å². The first-order chi connectivity index (χ1) is 14.9. The van der Waals surface area contributed by atoms with Gasteiger partial charge in [0.25, 0.3) is 0 Å². The molecule has 0 saturated heterocycles. The molecule has 0 bridgehead atoms. The van der Waals surface area contributed by atoms with Crippen LogP contribution < -0.4 is 11.0 Å². The monoisotopic (exact) mass is 439 g/mol. The summed E-state index contributed by atoms with van der Waals surface area (Å²) >= 11 is 6.03. The SMILES string of the molecule is COC(=O)C1(Cn2c(=O)n(C)c3ccc(Nc4ccnc(Cl)c4C#N)cc32)CCCC1. The Balaban J connectivity index is 1.78. The van der Waals surface area contributed by atoms with Crippen LogP contribution in [0.1, 0.15) is 31.2 Å². The highest BCUT2D eigenvalue weighted by atomic mass is 35.5. The molecule has 1 saturated carbocycles. The third-order valence-corrected chi connectivity index (χ3v) is 6.37. The lowest BCUT2D eigenvalue weighted by molar-refractivity contribution is -0.153. The Morgan fingerprint density at radius 1 is 1.32 bits per heavy atom. The van der Waals surface area contributed by atoms with Gasteiger partial charge in [0.2, 0.25) is 0 Å². The molecule has 1 N–H and O–H groups in total. The summed E-state index contributed by atoms with van der Waals surface area (Å²) in [4.78, 5) is 29.6. The number of fused-ring (bicyclic) bond motifs is 1. The van der Waals surface area contributed by atoms with Gasteiger partial charge in [-0.05, 0) is 37.1 Å². The number of benzene rings is 1. The second-order valence-electron chi connectivity index (χ2n) is 7.87. The van der Waals surface area contributed by atoms with Gasteiger partial charge in [0, 0.05) is 25.5 Å². The normalized spacial score (nSPS) is 15.0. The van der Waals surface area contributed by atoms with Crippen LogP contribution in [0.4, 0.5) is 11.4 Å². The van der Waals surface area contributed by atoms with Crippen molar-refractivity contribution in [3.8, 4) is 6.07 Å². The Morgan fingerprint density at radius 3 is 2.74 bits per heavy atom. The summed E-state index contributed by atoms with van der Waals surface area (Å²) in [7, 11) is 3.10. The number of nitrogens with one attached hydrogen (secondary N) is 1. The van der Waals surface area contributed by atoms with Crippen LogP contribution in [0.15, 0.2) is 35.3 Å². The van der Waals surface area contributed by atoms with Crippen LogP contribution in [-0.4, -0.2) is 27.2 Å². The highest BCUT2D eigenvalue weighted by Gasteiger charge is 2.43. The van der Waals surface area contributed by atoms with Gasteiger partial charge in [-0.3, -0.25) is 13.9 Å². The molecule has 0 unspecified atom stereocenters. The molecule has 8 nitrogen and oxygen atoms in total. The Bertz CT molecular complexity index is 1260. The highest BCUT2D eigenvalue weighted by Crippen LogP contribution is 2.41. The number of carbonyl (C=O) groups is 1. The summed E-state index contributed by atoms with van der Waals surface area (Å²) in [5.41, 5.74) is 2.02. The van der Waals surface area contributed by atoms with Gasteiger partial charge in [0.05, 0.1) is 29.2 Å². The van der Waals surface area contributed by atoms with E-state index in [0.717, 1.165) is 18.4 Å². The van der Waals surface area contributed by atoms with Crippen LogP contribution in [0.5, 0.6) is 0 Å². The Labute approximate surface area is 184 Å². The number of nitriles is 1. The molecule has 4 rings (SSSR count). The summed E-state index contributed by atoms with van der Waals surface area (Å²) < 4.78 is 8.30. The number of aromatic nitrogens is 3. The number of carbonyl (C=O) groups excluding carboxylic acids is 1. The zero-order valence-electron chi connectivity index (χ0n) is 17.3. The molecule has 1 fully saturated rings. The van der Waals surface area contributed by atoms with Crippen LogP contribution in [-0.2, 0) is 23.1 Å². The fourth-order valence-corrected chi connectivity index (χ4v) is 4.64. The number of pyridine rings is 1. The Kier molecular flexibility index (Phi) is 5.46. The summed E-state index contributed by atoms with van der Waals surface area (Å²) in [5.74, 6) is -0.270. The van der Waals surface area contributed by atoms with Crippen molar-refractivity contribution in [2.24, 2.45) is 12.5 Å². The van der Waals surface area contributed by atoms with Crippen molar-refractivity contribution in [3.05, 3.63) is 51.7 Å². The van der Waals surface area contributed by atoms with Gasteiger partial charge < -0.3 is 10.1 Å². The number of esters is 1. The largest absolute Gasteiger partial charge is 0.469 e. The second kappa shape index (κ2) is 8.08. The quantitative estimate of drug-likeness (QED) is 0.480. The summed E-state index contributed by atoms with van der Waals surface area (Å²) in [6.07, 6.45) is 4.77. The number of hydrogen-bond donors (Lipinski definition) is 1. The molecule has 3 aromatic rings. The van der Waals surface area contributed by atoms with Crippen LogP contribution in [0.2, 0.25) is 5.15 Å².